The molecule has 0 bridgehead atoms. The molecule has 0 radical (unpaired) electrons. The van der Waals surface area contributed by atoms with E-state index in [9.17, 15) is 0 Å². The first kappa shape index (κ1) is 15.3. The molecule has 2 aromatic heterocycles. The van der Waals surface area contributed by atoms with E-state index in [0.29, 0.717) is 0 Å². The lowest BCUT2D eigenvalue weighted by molar-refractivity contribution is 1.23. The number of aryl methyl sites for hydroxylation is 1. The third-order valence-electron chi connectivity index (χ3n) is 4.24. The first-order chi connectivity index (χ1) is 12.3. The molecular formula is C23H18N2. The number of rotatable bonds is 3. The molecule has 2 aromatic carbocycles. The Morgan fingerprint density at radius 2 is 1.48 bits per heavy atom. The molecule has 0 amide bonds. The van der Waals surface area contributed by atoms with E-state index >= 15 is 0 Å². The number of fused-ring (bicyclic) bond motifs is 1. The normalized spacial score (nSPS) is 11.2. The molecular weight excluding hydrogens is 304 g/mol. The molecule has 0 saturated carbocycles. The zero-order valence-electron chi connectivity index (χ0n) is 14.1. The van der Waals surface area contributed by atoms with E-state index < -0.39 is 0 Å². The second kappa shape index (κ2) is 6.70. The predicted octanol–water partition coefficient (Wildman–Crippen LogP) is 5.78. The van der Waals surface area contributed by atoms with Gasteiger partial charge in [0.1, 0.15) is 0 Å². The number of hydrogen-bond acceptors (Lipinski definition) is 2. The van der Waals surface area contributed by atoms with Crippen molar-refractivity contribution in [2.24, 2.45) is 0 Å². The van der Waals surface area contributed by atoms with Crippen LogP contribution in [0.15, 0.2) is 79.1 Å². The highest BCUT2D eigenvalue weighted by Crippen LogP contribution is 2.22. The van der Waals surface area contributed by atoms with Gasteiger partial charge in [-0.1, -0.05) is 54.6 Å². The summed E-state index contributed by atoms with van der Waals surface area (Å²) in [6.07, 6.45) is 7.95. The molecule has 0 atom stereocenters. The summed E-state index contributed by atoms with van der Waals surface area (Å²) in [4.78, 5) is 8.88. The number of nitrogens with zero attached hydrogens (tertiary/aromatic N) is 2. The monoisotopic (exact) mass is 322 g/mol. The molecule has 0 aliphatic rings. The van der Waals surface area contributed by atoms with Gasteiger partial charge in [-0.15, -0.1) is 0 Å². The van der Waals surface area contributed by atoms with Crippen LogP contribution in [0.25, 0.3) is 34.3 Å². The minimum absolute atomic E-state index is 0.892. The molecule has 2 nitrogen and oxygen atoms in total. The van der Waals surface area contributed by atoms with Gasteiger partial charge < -0.3 is 0 Å². The van der Waals surface area contributed by atoms with Gasteiger partial charge in [-0.2, -0.15) is 0 Å². The highest BCUT2D eigenvalue weighted by molar-refractivity contribution is 5.92. The molecule has 0 saturated heterocycles. The molecule has 25 heavy (non-hydrogen) atoms. The number of aromatic nitrogens is 2. The van der Waals surface area contributed by atoms with E-state index in [2.05, 4.69) is 83.6 Å². The topological polar surface area (TPSA) is 25.8 Å². The van der Waals surface area contributed by atoms with Crippen LogP contribution in [0.4, 0.5) is 0 Å². The van der Waals surface area contributed by atoms with Crippen LogP contribution in [0, 0.1) is 6.92 Å². The largest absolute Gasteiger partial charge is 0.255 e. The predicted molar refractivity (Wildman–Crippen MR) is 105 cm³/mol. The lowest BCUT2D eigenvalue weighted by Gasteiger charge is -2.03. The van der Waals surface area contributed by atoms with Gasteiger partial charge in [0.25, 0.3) is 0 Å². The molecule has 4 rings (SSSR count). The first-order valence-corrected chi connectivity index (χ1v) is 8.34. The Balaban J connectivity index is 1.69. The summed E-state index contributed by atoms with van der Waals surface area (Å²) in [5.41, 5.74) is 5.30. The number of hydrogen-bond donors (Lipinski definition) is 0. The van der Waals surface area contributed by atoms with Gasteiger partial charge in [0.2, 0.25) is 0 Å². The Morgan fingerprint density at radius 3 is 2.36 bits per heavy atom. The van der Waals surface area contributed by atoms with E-state index in [0.717, 1.165) is 17.0 Å². The summed E-state index contributed by atoms with van der Waals surface area (Å²) in [7, 11) is 0. The molecule has 2 heteroatoms. The van der Waals surface area contributed by atoms with Crippen molar-refractivity contribution in [3.05, 3.63) is 95.8 Å². The zero-order valence-corrected chi connectivity index (χ0v) is 14.1. The maximum atomic E-state index is 4.46. The Kier molecular flexibility index (Phi) is 4.09. The van der Waals surface area contributed by atoms with E-state index in [4.69, 9.17) is 0 Å². The molecule has 2 heterocycles. The van der Waals surface area contributed by atoms with Crippen LogP contribution in [-0.4, -0.2) is 9.97 Å². The van der Waals surface area contributed by atoms with Crippen LogP contribution >= 0.6 is 0 Å². The highest BCUT2D eigenvalue weighted by Gasteiger charge is 2.02. The lowest BCUT2D eigenvalue weighted by atomic mass is 10.0. The van der Waals surface area contributed by atoms with Gasteiger partial charge in [0.15, 0.2) is 0 Å². The standard InChI is InChI=1S/C23H18N2/c1-17-11-13-24-22(15-17)23-16-18(12-14-25-23)9-10-20-7-4-6-19-5-2-3-8-21(19)20/h2-16H,1H3/b10-9+. The summed E-state index contributed by atoms with van der Waals surface area (Å²) < 4.78 is 0. The maximum Gasteiger partial charge on any atom is 0.0892 e. The molecule has 0 N–H and O–H groups in total. The minimum atomic E-state index is 0.892. The fraction of sp³-hybridized carbons (Fsp3) is 0.0435. The van der Waals surface area contributed by atoms with Crippen molar-refractivity contribution < 1.29 is 0 Å². The molecule has 120 valence electrons. The first-order valence-electron chi connectivity index (χ1n) is 8.34. The van der Waals surface area contributed by atoms with Gasteiger partial charge in [-0.05, 0) is 58.7 Å². The zero-order chi connectivity index (χ0) is 17.1. The minimum Gasteiger partial charge on any atom is -0.255 e. The van der Waals surface area contributed by atoms with Crippen LogP contribution in [0.3, 0.4) is 0 Å². The highest BCUT2D eigenvalue weighted by atomic mass is 14.8. The number of pyridine rings is 2. The van der Waals surface area contributed by atoms with Crippen molar-refractivity contribution >= 4 is 22.9 Å². The quantitative estimate of drug-likeness (QED) is 0.478. The van der Waals surface area contributed by atoms with Gasteiger partial charge in [-0.25, -0.2) is 0 Å². The SMILES string of the molecule is Cc1ccnc(-c2cc(/C=C/c3cccc4ccccc34)ccn2)c1. The van der Waals surface area contributed by atoms with Crippen LogP contribution < -0.4 is 0 Å². The lowest BCUT2D eigenvalue weighted by Crippen LogP contribution is -1.88. The Bertz CT molecular complexity index is 1060. The average molecular weight is 322 g/mol. The summed E-state index contributed by atoms with van der Waals surface area (Å²) in [5, 5.41) is 2.51. The van der Waals surface area contributed by atoms with E-state index in [-0.39, 0.29) is 0 Å². The van der Waals surface area contributed by atoms with Crippen molar-refractivity contribution in [1.29, 1.82) is 0 Å². The van der Waals surface area contributed by atoms with Gasteiger partial charge in [0, 0.05) is 12.4 Å². The smallest absolute Gasteiger partial charge is 0.0892 e. The van der Waals surface area contributed by atoms with E-state index in [1.807, 2.05) is 24.5 Å². The van der Waals surface area contributed by atoms with Crippen molar-refractivity contribution in [1.82, 2.24) is 9.97 Å². The van der Waals surface area contributed by atoms with E-state index in [1.165, 1.54) is 21.9 Å². The average Bonchev–Trinajstić information content (AvgIpc) is 2.66. The summed E-state index contributed by atoms with van der Waals surface area (Å²) in [6.45, 7) is 2.06. The Morgan fingerprint density at radius 1 is 0.720 bits per heavy atom. The fourth-order valence-corrected chi connectivity index (χ4v) is 2.95. The fourth-order valence-electron chi connectivity index (χ4n) is 2.95. The molecule has 0 aliphatic heterocycles. The maximum absolute atomic E-state index is 4.46. The molecule has 0 fully saturated rings. The second-order valence-electron chi connectivity index (χ2n) is 6.09. The van der Waals surface area contributed by atoms with Gasteiger partial charge in [-0.3, -0.25) is 9.97 Å². The number of benzene rings is 2. The van der Waals surface area contributed by atoms with Crippen molar-refractivity contribution in [2.75, 3.05) is 0 Å². The van der Waals surface area contributed by atoms with Crippen molar-refractivity contribution in [3.63, 3.8) is 0 Å². The van der Waals surface area contributed by atoms with Crippen LogP contribution in [0.2, 0.25) is 0 Å². The second-order valence-corrected chi connectivity index (χ2v) is 6.09. The molecule has 0 spiro atoms. The van der Waals surface area contributed by atoms with Crippen molar-refractivity contribution in [2.45, 2.75) is 6.92 Å². The Labute approximate surface area is 147 Å². The summed E-state index contributed by atoms with van der Waals surface area (Å²) >= 11 is 0. The van der Waals surface area contributed by atoms with Crippen LogP contribution in [0.1, 0.15) is 16.7 Å². The van der Waals surface area contributed by atoms with E-state index in [1.54, 1.807) is 0 Å². The third-order valence-corrected chi connectivity index (χ3v) is 4.24. The third kappa shape index (κ3) is 3.33. The molecule has 4 aromatic rings. The van der Waals surface area contributed by atoms with Gasteiger partial charge in [0.05, 0.1) is 11.4 Å². The summed E-state index contributed by atoms with van der Waals surface area (Å²) in [6, 6.07) is 23.0. The van der Waals surface area contributed by atoms with Crippen molar-refractivity contribution in [3.8, 4) is 11.4 Å². The Hall–Kier alpha value is -3.26. The van der Waals surface area contributed by atoms with Gasteiger partial charge >= 0.3 is 0 Å². The summed E-state index contributed by atoms with van der Waals surface area (Å²) in [5.74, 6) is 0. The molecule has 0 unspecified atom stereocenters. The van der Waals surface area contributed by atoms with Crippen LogP contribution in [0.5, 0.6) is 0 Å². The molecule has 0 aliphatic carbocycles. The van der Waals surface area contributed by atoms with Crippen LogP contribution in [-0.2, 0) is 0 Å².